The standard InChI is InChI=1S/C14H20Br2N2O2/c1-4-20-14-10(5-11(15)6-12(14)16)7-17-8-13(19)18-9(2)3/h5-6,9,17H,4,7-8H2,1-3H3,(H,18,19). The van der Waals surface area contributed by atoms with Gasteiger partial charge in [-0.15, -0.1) is 0 Å². The minimum absolute atomic E-state index is 0.00739. The number of halogens is 2. The summed E-state index contributed by atoms with van der Waals surface area (Å²) in [5.74, 6) is 0.805. The van der Waals surface area contributed by atoms with Gasteiger partial charge in [-0.3, -0.25) is 4.79 Å². The zero-order valence-electron chi connectivity index (χ0n) is 11.9. The van der Waals surface area contributed by atoms with Gasteiger partial charge in [0.2, 0.25) is 5.91 Å². The summed E-state index contributed by atoms with van der Waals surface area (Å²) >= 11 is 6.95. The Labute approximate surface area is 136 Å². The van der Waals surface area contributed by atoms with E-state index in [2.05, 4.69) is 42.5 Å². The van der Waals surface area contributed by atoms with Crippen LogP contribution in [0.3, 0.4) is 0 Å². The largest absolute Gasteiger partial charge is 0.492 e. The lowest BCUT2D eigenvalue weighted by atomic mass is 10.2. The van der Waals surface area contributed by atoms with Gasteiger partial charge in [0, 0.05) is 22.6 Å². The van der Waals surface area contributed by atoms with Gasteiger partial charge in [0.1, 0.15) is 5.75 Å². The van der Waals surface area contributed by atoms with Crippen molar-refractivity contribution in [2.45, 2.75) is 33.4 Å². The summed E-state index contributed by atoms with van der Waals surface area (Å²) in [5, 5.41) is 5.97. The van der Waals surface area contributed by atoms with E-state index in [0.29, 0.717) is 13.2 Å². The molecule has 1 amide bonds. The minimum atomic E-state index is -0.00739. The van der Waals surface area contributed by atoms with Crippen molar-refractivity contribution in [2.24, 2.45) is 0 Å². The van der Waals surface area contributed by atoms with Crippen molar-refractivity contribution >= 4 is 37.8 Å². The van der Waals surface area contributed by atoms with Crippen LogP contribution >= 0.6 is 31.9 Å². The van der Waals surface area contributed by atoms with E-state index >= 15 is 0 Å². The normalized spacial score (nSPS) is 10.7. The van der Waals surface area contributed by atoms with Gasteiger partial charge >= 0.3 is 0 Å². The van der Waals surface area contributed by atoms with Gasteiger partial charge in [-0.2, -0.15) is 0 Å². The number of rotatable bonds is 7. The van der Waals surface area contributed by atoms with Gasteiger partial charge in [0.05, 0.1) is 17.6 Å². The second-order valence-electron chi connectivity index (χ2n) is 4.63. The Bertz CT molecular complexity index is 465. The molecule has 0 saturated carbocycles. The van der Waals surface area contributed by atoms with Crippen molar-refractivity contribution in [2.75, 3.05) is 13.2 Å². The highest BCUT2D eigenvalue weighted by Gasteiger charge is 2.10. The highest BCUT2D eigenvalue weighted by Crippen LogP contribution is 2.32. The van der Waals surface area contributed by atoms with Crippen molar-refractivity contribution in [1.82, 2.24) is 10.6 Å². The average molecular weight is 408 g/mol. The van der Waals surface area contributed by atoms with Crippen LogP contribution in [-0.2, 0) is 11.3 Å². The summed E-state index contributed by atoms with van der Waals surface area (Å²) < 4.78 is 7.51. The van der Waals surface area contributed by atoms with Crippen molar-refractivity contribution in [3.63, 3.8) is 0 Å². The monoisotopic (exact) mass is 406 g/mol. The Hall–Kier alpha value is -0.590. The topological polar surface area (TPSA) is 50.4 Å². The fraction of sp³-hybridized carbons (Fsp3) is 0.500. The molecule has 2 N–H and O–H groups in total. The van der Waals surface area contributed by atoms with Crippen LogP contribution in [0, 0.1) is 0 Å². The molecular weight excluding hydrogens is 388 g/mol. The van der Waals surface area contributed by atoms with E-state index in [-0.39, 0.29) is 18.5 Å². The molecule has 0 atom stereocenters. The molecule has 0 bridgehead atoms. The zero-order chi connectivity index (χ0) is 15.1. The van der Waals surface area contributed by atoms with E-state index in [9.17, 15) is 4.79 Å². The number of nitrogens with one attached hydrogen (secondary N) is 2. The second kappa shape index (κ2) is 8.64. The molecule has 6 heteroatoms. The summed E-state index contributed by atoms with van der Waals surface area (Å²) in [6.45, 7) is 7.28. The van der Waals surface area contributed by atoms with Crippen molar-refractivity contribution < 1.29 is 9.53 Å². The first-order valence-electron chi connectivity index (χ1n) is 6.54. The van der Waals surface area contributed by atoms with E-state index in [1.54, 1.807) is 0 Å². The highest BCUT2D eigenvalue weighted by molar-refractivity contribution is 9.11. The van der Waals surface area contributed by atoms with E-state index in [1.165, 1.54) is 0 Å². The Morgan fingerprint density at radius 2 is 2.05 bits per heavy atom. The number of carbonyl (C=O) groups is 1. The molecule has 0 aliphatic heterocycles. The maximum absolute atomic E-state index is 11.6. The molecule has 0 unspecified atom stereocenters. The summed E-state index contributed by atoms with van der Waals surface area (Å²) in [6.07, 6.45) is 0. The van der Waals surface area contributed by atoms with Gasteiger partial charge < -0.3 is 15.4 Å². The predicted molar refractivity (Wildman–Crippen MR) is 88.0 cm³/mol. The van der Waals surface area contributed by atoms with Crippen LogP contribution in [0.2, 0.25) is 0 Å². The van der Waals surface area contributed by atoms with Crippen LogP contribution in [0.5, 0.6) is 5.75 Å². The van der Waals surface area contributed by atoms with Gasteiger partial charge in [0.25, 0.3) is 0 Å². The third-order valence-electron chi connectivity index (χ3n) is 2.42. The van der Waals surface area contributed by atoms with Crippen molar-refractivity contribution in [3.05, 3.63) is 26.6 Å². The quantitative estimate of drug-likeness (QED) is 0.729. The number of amides is 1. The fourth-order valence-electron chi connectivity index (χ4n) is 1.73. The number of ether oxygens (including phenoxy) is 1. The van der Waals surface area contributed by atoms with Gasteiger partial charge in [-0.25, -0.2) is 0 Å². The Morgan fingerprint density at radius 3 is 2.65 bits per heavy atom. The van der Waals surface area contributed by atoms with Gasteiger partial charge in [-0.05, 0) is 48.8 Å². The third kappa shape index (κ3) is 5.81. The molecule has 1 rings (SSSR count). The summed E-state index contributed by atoms with van der Waals surface area (Å²) in [4.78, 5) is 11.6. The lowest BCUT2D eigenvalue weighted by molar-refractivity contribution is -0.120. The van der Waals surface area contributed by atoms with Gasteiger partial charge in [0.15, 0.2) is 0 Å². The number of hydrogen-bond donors (Lipinski definition) is 2. The molecule has 1 aromatic rings. The molecule has 0 aliphatic rings. The van der Waals surface area contributed by atoms with E-state index in [4.69, 9.17) is 4.74 Å². The first kappa shape index (κ1) is 17.5. The molecule has 4 nitrogen and oxygen atoms in total. The molecular formula is C14H20Br2N2O2. The van der Waals surface area contributed by atoms with E-state index < -0.39 is 0 Å². The lowest BCUT2D eigenvalue weighted by Crippen LogP contribution is -2.37. The number of hydrogen-bond acceptors (Lipinski definition) is 3. The summed E-state index contributed by atoms with van der Waals surface area (Å²) in [7, 11) is 0. The van der Waals surface area contributed by atoms with Crippen molar-refractivity contribution in [1.29, 1.82) is 0 Å². The third-order valence-corrected chi connectivity index (χ3v) is 3.47. The molecule has 0 radical (unpaired) electrons. The summed E-state index contributed by atoms with van der Waals surface area (Å²) in [6, 6.07) is 4.09. The molecule has 0 saturated heterocycles. The molecule has 20 heavy (non-hydrogen) atoms. The molecule has 0 aliphatic carbocycles. The smallest absolute Gasteiger partial charge is 0.234 e. The Kier molecular flexibility index (Phi) is 7.55. The predicted octanol–water partition coefficient (Wildman–Crippen LogP) is 3.22. The number of carbonyl (C=O) groups excluding carboxylic acids is 1. The maximum atomic E-state index is 11.6. The fourth-order valence-corrected chi connectivity index (χ4v) is 3.16. The van der Waals surface area contributed by atoms with Crippen LogP contribution in [0.15, 0.2) is 21.1 Å². The second-order valence-corrected chi connectivity index (χ2v) is 6.40. The van der Waals surface area contributed by atoms with Crippen LogP contribution < -0.4 is 15.4 Å². The zero-order valence-corrected chi connectivity index (χ0v) is 15.1. The first-order chi connectivity index (χ1) is 9.43. The van der Waals surface area contributed by atoms with Crippen LogP contribution in [0.4, 0.5) is 0 Å². The molecule has 1 aromatic carbocycles. The highest BCUT2D eigenvalue weighted by atomic mass is 79.9. The molecule has 0 aromatic heterocycles. The average Bonchev–Trinajstić information content (AvgIpc) is 2.32. The Morgan fingerprint density at radius 1 is 1.35 bits per heavy atom. The minimum Gasteiger partial charge on any atom is -0.492 e. The van der Waals surface area contributed by atoms with Crippen molar-refractivity contribution in [3.8, 4) is 5.75 Å². The van der Waals surface area contributed by atoms with Crippen LogP contribution in [0.1, 0.15) is 26.3 Å². The summed E-state index contributed by atoms with van der Waals surface area (Å²) in [5.41, 5.74) is 1.01. The SMILES string of the molecule is CCOc1c(Br)cc(Br)cc1CNCC(=O)NC(C)C. The van der Waals surface area contributed by atoms with Crippen LogP contribution in [-0.4, -0.2) is 25.1 Å². The molecule has 112 valence electrons. The first-order valence-corrected chi connectivity index (χ1v) is 8.13. The van der Waals surface area contributed by atoms with E-state index in [0.717, 1.165) is 20.3 Å². The van der Waals surface area contributed by atoms with Crippen LogP contribution in [0.25, 0.3) is 0 Å². The lowest BCUT2D eigenvalue weighted by Gasteiger charge is -2.14. The maximum Gasteiger partial charge on any atom is 0.234 e. The Balaban J connectivity index is 2.65. The molecule has 0 heterocycles. The number of benzene rings is 1. The van der Waals surface area contributed by atoms with Gasteiger partial charge in [-0.1, -0.05) is 15.9 Å². The molecule has 0 fully saturated rings. The van der Waals surface area contributed by atoms with E-state index in [1.807, 2.05) is 32.9 Å². The molecule has 0 spiro atoms.